The van der Waals surface area contributed by atoms with Gasteiger partial charge in [0.05, 0.1) is 0 Å². The smallest absolute Gasteiger partial charge is 0.410 e. The number of hydrogen-bond donors (Lipinski definition) is 1. The van der Waals surface area contributed by atoms with Gasteiger partial charge in [0.15, 0.2) is 0 Å². The highest BCUT2D eigenvalue weighted by Crippen LogP contribution is 2.22. The monoisotopic (exact) mass is 319 g/mol. The minimum atomic E-state index is -0.464. The van der Waals surface area contributed by atoms with E-state index in [1.807, 2.05) is 26.8 Å². The van der Waals surface area contributed by atoms with Crippen LogP contribution in [0.3, 0.4) is 0 Å². The van der Waals surface area contributed by atoms with Crippen LogP contribution in [0.5, 0.6) is 0 Å². The summed E-state index contributed by atoms with van der Waals surface area (Å²) in [6, 6.07) is 3.66. The largest absolute Gasteiger partial charge is 0.444 e. The van der Waals surface area contributed by atoms with Crippen LogP contribution in [-0.2, 0) is 11.2 Å². The van der Waals surface area contributed by atoms with E-state index in [1.54, 1.807) is 24.2 Å². The Bertz CT molecular complexity index is 563. The van der Waals surface area contributed by atoms with Crippen molar-refractivity contribution in [2.45, 2.75) is 39.2 Å². The lowest BCUT2D eigenvalue weighted by molar-refractivity contribution is 0.0288. The Labute approximate surface area is 137 Å². The van der Waals surface area contributed by atoms with Gasteiger partial charge >= 0.3 is 6.09 Å². The number of carbonyl (C=O) groups is 2. The number of carbonyl (C=O) groups excluding carboxylic acids is 2. The zero-order chi connectivity index (χ0) is 17.0. The van der Waals surface area contributed by atoms with Crippen LogP contribution in [0.1, 0.15) is 43.2 Å². The lowest BCUT2D eigenvalue weighted by Gasteiger charge is -2.24. The lowest BCUT2D eigenvalue weighted by atomic mass is 10.00. The van der Waals surface area contributed by atoms with Crippen molar-refractivity contribution >= 4 is 12.0 Å². The fourth-order valence-corrected chi connectivity index (χ4v) is 2.63. The van der Waals surface area contributed by atoms with Crippen LogP contribution in [0, 0.1) is 5.92 Å². The molecule has 2 amide bonds. The normalized spacial score (nSPS) is 17.9. The van der Waals surface area contributed by atoms with Crippen molar-refractivity contribution in [1.82, 2.24) is 15.2 Å². The molecule has 0 spiro atoms. The molecule has 1 aromatic rings. The molecule has 1 saturated heterocycles. The molecule has 6 nitrogen and oxygen atoms in total. The van der Waals surface area contributed by atoms with Crippen LogP contribution < -0.4 is 5.32 Å². The molecule has 0 radical (unpaired) electrons. The maximum Gasteiger partial charge on any atom is 0.410 e. The number of nitrogens with one attached hydrogen (secondary N) is 1. The molecule has 23 heavy (non-hydrogen) atoms. The standard InChI is InChI=1S/C17H25N3O3/c1-17(2,3)23-16(22)20-8-7-13(11-20)9-12-5-6-14(19-10-12)15(21)18-4/h5-6,10,13H,7-9,11H2,1-4H3,(H,18,21)/t13-/m0/s1. The zero-order valence-corrected chi connectivity index (χ0v) is 14.3. The summed E-state index contributed by atoms with van der Waals surface area (Å²) >= 11 is 0. The van der Waals surface area contributed by atoms with Crippen molar-refractivity contribution in [3.8, 4) is 0 Å². The summed E-state index contributed by atoms with van der Waals surface area (Å²) in [6.07, 6.45) is 3.30. The molecular weight excluding hydrogens is 294 g/mol. The molecular formula is C17H25N3O3. The van der Waals surface area contributed by atoms with E-state index in [9.17, 15) is 9.59 Å². The van der Waals surface area contributed by atoms with Gasteiger partial charge in [-0.3, -0.25) is 9.78 Å². The first-order valence-electron chi connectivity index (χ1n) is 7.93. The topological polar surface area (TPSA) is 71.5 Å². The van der Waals surface area contributed by atoms with Gasteiger partial charge < -0.3 is 15.0 Å². The van der Waals surface area contributed by atoms with E-state index >= 15 is 0 Å². The van der Waals surface area contributed by atoms with E-state index in [4.69, 9.17) is 4.74 Å². The first kappa shape index (κ1) is 17.2. The van der Waals surface area contributed by atoms with Gasteiger partial charge in [-0.05, 0) is 51.2 Å². The number of hydrogen-bond acceptors (Lipinski definition) is 4. The van der Waals surface area contributed by atoms with Gasteiger partial charge in [-0.1, -0.05) is 6.07 Å². The minimum absolute atomic E-state index is 0.187. The Kier molecular flexibility index (Phi) is 5.23. The Hall–Kier alpha value is -2.11. The number of likely N-dealkylation sites (tertiary alicyclic amines) is 1. The first-order valence-corrected chi connectivity index (χ1v) is 7.93. The number of aromatic nitrogens is 1. The molecule has 6 heteroatoms. The second-order valence-corrected chi connectivity index (χ2v) is 6.92. The Morgan fingerprint density at radius 3 is 2.70 bits per heavy atom. The zero-order valence-electron chi connectivity index (χ0n) is 14.3. The van der Waals surface area contributed by atoms with Gasteiger partial charge in [-0.15, -0.1) is 0 Å². The van der Waals surface area contributed by atoms with Crippen LogP contribution in [0.15, 0.2) is 18.3 Å². The van der Waals surface area contributed by atoms with Gasteiger partial charge in [-0.2, -0.15) is 0 Å². The van der Waals surface area contributed by atoms with Crippen molar-refractivity contribution in [2.24, 2.45) is 5.92 Å². The van der Waals surface area contributed by atoms with E-state index in [0.717, 1.165) is 24.9 Å². The SMILES string of the molecule is CNC(=O)c1ccc(C[C@@H]2CCN(C(=O)OC(C)(C)C)C2)cn1. The highest BCUT2D eigenvalue weighted by Gasteiger charge is 2.29. The third-order valence-corrected chi connectivity index (χ3v) is 3.75. The molecule has 2 rings (SSSR count). The quantitative estimate of drug-likeness (QED) is 0.927. The lowest BCUT2D eigenvalue weighted by Crippen LogP contribution is -2.35. The second-order valence-electron chi connectivity index (χ2n) is 6.92. The molecule has 1 fully saturated rings. The second kappa shape index (κ2) is 6.98. The van der Waals surface area contributed by atoms with Gasteiger partial charge in [-0.25, -0.2) is 4.79 Å². The number of rotatable bonds is 3. The van der Waals surface area contributed by atoms with Crippen molar-refractivity contribution in [2.75, 3.05) is 20.1 Å². The van der Waals surface area contributed by atoms with E-state index < -0.39 is 5.60 Å². The van der Waals surface area contributed by atoms with Gasteiger partial charge in [0, 0.05) is 26.3 Å². The molecule has 126 valence electrons. The van der Waals surface area contributed by atoms with E-state index in [2.05, 4.69) is 10.3 Å². The van der Waals surface area contributed by atoms with Gasteiger partial charge in [0.25, 0.3) is 5.91 Å². The number of nitrogens with zero attached hydrogens (tertiary/aromatic N) is 2. The fourth-order valence-electron chi connectivity index (χ4n) is 2.63. The molecule has 1 atom stereocenters. The average molecular weight is 319 g/mol. The van der Waals surface area contributed by atoms with Crippen molar-refractivity contribution < 1.29 is 14.3 Å². The Morgan fingerprint density at radius 1 is 1.39 bits per heavy atom. The molecule has 1 aromatic heterocycles. The maximum absolute atomic E-state index is 12.1. The van der Waals surface area contributed by atoms with Crippen LogP contribution in [0.2, 0.25) is 0 Å². The molecule has 0 aromatic carbocycles. The molecule has 0 unspecified atom stereocenters. The molecule has 0 saturated carbocycles. The van der Waals surface area contributed by atoms with Gasteiger partial charge in [0.2, 0.25) is 0 Å². The number of amides is 2. The summed E-state index contributed by atoms with van der Waals surface area (Å²) in [5.74, 6) is 0.212. The van der Waals surface area contributed by atoms with E-state index in [-0.39, 0.29) is 12.0 Å². The molecule has 2 heterocycles. The van der Waals surface area contributed by atoms with Gasteiger partial charge in [0.1, 0.15) is 11.3 Å². The summed E-state index contributed by atoms with van der Waals surface area (Å²) < 4.78 is 5.40. The van der Waals surface area contributed by atoms with Crippen LogP contribution in [0.25, 0.3) is 0 Å². The molecule has 1 aliphatic heterocycles. The van der Waals surface area contributed by atoms with Crippen LogP contribution in [-0.4, -0.2) is 47.6 Å². The predicted molar refractivity (Wildman–Crippen MR) is 87.2 cm³/mol. The number of ether oxygens (including phenoxy) is 1. The Balaban J connectivity index is 1.88. The summed E-state index contributed by atoms with van der Waals surface area (Å²) in [5.41, 5.74) is 1.03. The van der Waals surface area contributed by atoms with Crippen LogP contribution in [0.4, 0.5) is 4.79 Å². The third kappa shape index (κ3) is 4.94. The minimum Gasteiger partial charge on any atom is -0.444 e. The number of pyridine rings is 1. The van der Waals surface area contributed by atoms with E-state index in [0.29, 0.717) is 18.2 Å². The highest BCUT2D eigenvalue weighted by molar-refractivity contribution is 5.91. The highest BCUT2D eigenvalue weighted by atomic mass is 16.6. The average Bonchev–Trinajstić information content (AvgIpc) is 2.94. The predicted octanol–water partition coefficient (Wildman–Crippen LogP) is 2.24. The summed E-state index contributed by atoms with van der Waals surface area (Å²) in [4.78, 5) is 29.5. The Morgan fingerprint density at radius 2 is 2.13 bits per heavy atom. The third-order valence-electron chi connectivity index (χ3n) is 3.75. The molecule has 0 bridgehead atoms. The summed E-state index contributed by atoms with van der Waals surface area (Å²) in [5, 5.41) is 2.55. The molecule has 1 N–H and O–H groups in total. The van der Waals surface area contributed by atoms with Crippen molar-refractivity contribution in [3.63, 3.8) is 0 Å². The fraction of sp³-hybridized carbons (Fsp3) is 0.588. The molecule has 0 aliphatic carbocycles. The van der Waals surface area contributed by atoms with Crippen molar-refractivity contribution in [3.05, 3.63) is 29.6 Å². The van der Waals surface area contributed by atoms with Crippen molar-refractivity contribution in [1.29, 1.82) is 0 Å². The van der Waals surface area contributed by atoms with Crippen LogP contribution >= 0.6 is 0 Å². The summed E-state index contributed by atoms with van der Waals surface area (Å²) in [6.45, 7) is 7.05. The maximum atomic E-state index is 12.1. The van der Waals surface area contributed by atoms with E-state index in [1.165, 1.54) is 0 Å². The summed E-state index contributed by atoms with van der Waals surface area (Å²) in [7, 11) is 1.59. The first-order chi connectivity index (χ1) is 10.8. The molecule has 1 aliphatic rings.